The Labute approximate surface area is 193 Å². The van der Waals surface area contributed by atoms with Crippen LogP contribution >= 0.6 is 50.6 Å². The number of aromatic amines is 1. The number of pyridine rings is 1. The number of H-pyrrole nitrogens is 1. The van der Waals surface area contributed by atoms with Crippen molar-refractivity contribution in [1.29, 1.82) is 0 Å². The molecule has 4 aromatic rings. The Kier molecular flexibility index (Phi) is 6.68. The van der Waals surface area contributed by atoms with E-state index in [0.717, 1.165) is 25.0 Å². The molecule has 0 atom stereocenters. The van der Waals surface area contributed by atoms with E-state index in [4.69, 9.17) is 11.6 Å². The molecule has 4 rings (SSSR count). The van der Waals surface area contributed by atoms with Crippen molar-refractivity contribution in [3.05, 3.63) is 70.3 Å². The number of nitrogens with zero attached hydrogens (tertiary/aromatic N) is 3. The standard InChI is InChI=1S/C19H14BrClN6OS2/c20-12-3-1-11(2-4-12)14-8-22-15(26-14)9-24-18(28)27-19-25-10-17(30-19)29-16-6-5-13(21)7-23-16/h1-8,10H,9H2,(H,22,26)(H2,24,25,27,28). The van der Waals surface area contributed by atoms with Crippen molar-refractivity contribution in [2.75, 3.05) is 5.32 Å². The third-order valence-corrected chi connectivity index (χ3v) is 6.53. The van der Waals surface area contributed by atoms with Crippen molar-refractivity contribution >= 4 is 61.8 Å². The van der Waals surface area contributed by atoms with E-state index in [0.29, 0.717) is 16.0 Å². The van der Waals surface area contributed by atoms with E-state index in [2.05, 4.69) is 46.5 Å². The number of benzene rings is 1. The molecule has 0 aliphatic carbocycles. The average Bonchev–Trinajstić information content (AvgIpc) is 3.38. The molecule has 0 aliphatic rings. The lowest BCUT2D eigenvalue weighted by atomic mass is 10.2. The molecule has 0 bridgehead atoms. The second-order valence-electron chi connectivity index (χ2n) is 5.96. The van der Waals surface area contributed by atoms with Crippen molar-refractivity contribution < 1.29 is 4.79 Å². The van der Waals surface area contributed by atoms with Gasteiger partial charge in [0.15, 0.2) is 5.13 Å². The molecule has 0 spiro atoms. The van der Waals surface area contributed by atoms with E-state index in [1.165, 1.54) is 23.1 Å². The quantitative estimate of drug-likeness (QED) is 0.297. The Hall–Kier alpha value is -2.40. The van der Waals surface area contributed by atoms with Crippen LogP contribution in [-0.2, 0) is 6.54 Å². The van der Waals surface area contributed by atoms with Crippen molar-refractivity contribution in [1.82, 2.24) is 25.3 Å². The first-order valence-electron chi connectivity index (χ1n) is 8.65. The number of thiazole rings is 1. The van der Waals surface area contributed by atoms with Crippen molar-refractivity contribution in [3.63, 3.8) is 0 Å². The number of anilines is 1. The highest BCUT2D eigenvalue weighted by atomic mass is 79.9. The molecule has 0 aliphatic heterocycles. The van der Waals surface area contributed by atoms with E-state index in [1.54, 1.807) is 24.7 Å². The zero-order valence-corrected chi connectivity index (χ0v) is 19.2. The lowest BCUT2D eigenvalue weighted by Crippen LogP contribution is -2.28. The van der Waals surface area contributed by atoms with Crippen molar-refractivity contribution in [3.8, 4) is 11.3 Å². The summed E-state index contributed by atoms with van der Waals surface area (Å²) in [7, 11) is 0. The van der Waals surface area contributed by atoms with Crippen LogP contribution in [0.4, 0.5) is 9.93 Å². The predicted octanol–water partition coefficient (Wildman–Crippen LogP) is 5.82. The summed E-state index contributed by atoms with van der Waals surface area (Å²) >= 11 is 12.1. The fraction of sp³-hybridized carbons (Fsp3) is 0.0526. The third kappa shape index (κ3) is 5.60. The molecule has 3 aromatic heterocycles. The van der Waals surface area contributed by atoms with Gasteiger partial charge in [-0.3, -0.25) is 5.32 Å². The second kappa shape index (κ2) is 9.61. The molecule has 3 N–H and O–H groups in total. The SMILES string of the molecule is O=C(NCc1ncc(-c2ccc(Br)cc2)[nH]1)Nc1ncc(Sc2ccc(Cl)cn2)s1. The van der Waals surface area contributed by atoms with Gasteiger partial charge in [-0.25, -0.2) is 19.7 Å². The molecule has 0 saturated carbocycles. The van der Waals surface area contributed by atoms with Crippen LogP contribution in [0.15, 0.2) is 68.7 Å². The van der Waals surface area contributed by atoms with Gasteiger partial charge in [0.2, 0.25) is 0 Å². The number of carbonyl (C=O) groups is 1. The van der Waals surface area contributed by atoms with Crippen LogP contribution in [0.3, 0.4) is 0 Å². The number of aromatic nitrogens is 4. The van der Waals surface area contributed by atoms with E-state index in [1.807, 2.05) is 30.3 Å². The van der Waals surface area contributed by atoms with E-state index >= 15 is 0 Å². The van der Waals surface area contributed by atoms with E-state index in [9.17, 15) is 4.79 Å². The zero-order valence-electron chi connectivity index (χ0n) is 15.2. The molecular formula is C19H14BrClN6OS2. The highest BCUT2D eigenvalue weighted by Crippen LogP contribution is 2.33. The summed E-state index contributed by atoms with van der Waals surface area (Å²) in [5, 5.41) is 7.39. The molecule has 7 nitrogen and oxygen atoms in total. The van der Waals surface area contributed by atoms with Gasteiger partial charge in [-0.1, -0.05) is 62.8 Å². The summed E-state index contributed by atoms with van der Waals surface area (Å²) in [4.78, 5) is 28.1. The van der Waals surface area contributed by atoms with Gasteiger partial charge >= 0.3 is 6.03 Å². The lowest BCUT2D eigenvalue weighted by Gasteiger charge is -2.03. The van der Waals surface area contributed by atoms with Gasteiger partial charge in [0.25, 0.3) is 0 Å². The number of urea groups is 1. The van der Waals surface area contributed by atoms with E-state index < -0.39 is 0 Å². The average molecular weight is 522 g/mol. The van der Waals surface area contributed by atoms with Gasteiger partial charge in [-0.2, -0.15) is 0 Å². The maximum atomic E-state index is 12.2. The summed E-state index contributed by atoms with van der Waals surface area (Å²) in [6.07, 6.45) is 5.03. The summed E-state index contributed by atoms with van der Waals surface area (Å²) < 4.78 is 1.92. The highest BCUT2D eigenvalue weighted by molar-refractivity contribution is 9.10. The molecule has 0 fully saturated rings. The van der Waals surface area contributed by atoms with E-state index in [-0.39, 0.29) is 12.6 Å². The summed E-state index contributed by atoms with van der Waals surface area (Å²) in [6, 6.07) is 11.2. The Morgan fingerprint density at radius 3 is 2.70 bits per heavy atom. The van der Waals surface area contributed by atoms with Crippen LogP contribution in [0.1, 0.15) is 5.82 Å². The summed E-state index contributed by atoms with van der Waals surface area (Å²) in [6.45, 7) is 0.268. The van der Waals surface area contributed by atoms with Gasteiger partial charge < -0.3 is 10.3 Å². The molecule has 0 saturated heterocycles. The van der Waals surface area contributed by atoms with Crippen LogP contribution in [-0.4, -0.2) is 26.0 Å². The van der Waals surface area contributed by atoms with Gasteiger partial charge in [0, 0.05) is 10.7 Å². The fourth-order valence-corrected chi connectivity index (χ4v) is 4.56. The summed E-state index contributed by atoms with van der Waals surface area (Å²) in [5.41, 5.74) is 1.90. The minimum Gasteiger partial charge on any atom is -0.341 e. The maximum Gasteiger partial charge on any atom is 0.321 e. The molecule has 152 valence electrons. The third-order valence-electron chi connectivity index (χ3n) is 3.81. The maximum absolute atomic E-state index is 12.2. The molecule has 1 aromatic carbocycles. The van der Waals surface area contributed by atoms with Gasteiger partial charge in [-0.15, -0.1) is 0 Å². The van der Waals surface area contributed by atoms with Gasteiger partial charge in [0.1, 0.15) is 10.9 Å². The van der Waals surface area contributed by atoms with Crippen LogP contribution in [0, 0.1) is 0 Å². The van der Waals surface area contributed by atoms with Crippen molar-refractivity contribution in [2.24, 2.45) is 0 Å². The number of carbonyl (C=O) groups excluding carboxylic acids is 1. The first-order chi connectivity index (χ1) is 14.5. The smallest absolute Gasteiger partial charge is 0.321 e. The second-order valence-corrected chi connectivity index (χ2v) is 9.66. The molecule has 3 heterocycles. The largest absolute Gasteiger partial charge is 0.341 e. The number of hydrogen-bond donors (Lipinski definition) is 3. The fourth-order valence-electron chi connectivity index (χ4n) is 2.42. The predicted molar refractivity (Wildman–Crippen MR) is 123 cm³/mol. The number of imidazole rings is 1. The van der Waals surface area contributed by atoms with Crippen LogP contribution < -0.4 is 10.6 Å². The number of nitrogens with one attached hydrogen (secondary N) is 3. The lowest BCUT2D eigenvalue weighted by molar-refractivity contribution is 0.251. The van der Waals surface area contributed by atoms with Crippen LogP contribution in [0.2, 0.25) is 5.02 Å². The normalized spacial score (nSPS) is 10.7. The molecule has 30 heavy (non-hydrogen) atoms. The van der Waals surface area contributed by atoms with Crippen molar-refractivity contribution in [2.45, 2.75) is 15.8 Å². The highest BCUT2D eigenvalue weighted by Gasteiger charge is 2.09. The molecule has 2 amide bonds. The van der Waals surface area contributed by atoms with Crippen LogP contribution in [0.5, 0.6) is 0 Å². The van der Waals surface area contributed by atoms with Gasteiger partial charge in [-0.05, 0) is 29.8 Å². The number of halogens is 2. The first kappa shape index (κ1) is 20.9. The number of hydrogen-bond acceptors (Lipinski definition) is 6. The Morgan fingerprint density at radius 1 is 1.10 bits per heavy atom. The molecule has 11 heteroatoms. The molecule has 0 unspecified atom stereocenters. The van der Waals surface area contributed by atoms with Crippen LogP contribution in [0.25, 0.3) is 11.3 Å². The zero-order chi connectivity index (χ0) is 20.9. The molecule has 0 radical (unpaired) electrons. The topological polar surface area (TPSA) is 95.6 Å². The summed E-state index contributed by atoms with van der Waals surface area (Å²) in [5.74, 6) is 0.660. The number of rotatable bonds is 6. The minimum atomic E-state index is -0.355. The Balaban J connectivity index is 1.28. The monoisotopic (exact) mass is 520 g/mol. The Bertz CT molecular complexity index is 1150. The molecular weight excluding hydrogens is 508 g/mol. The Morgan fingerprint density at radius 2 is 1.93 bits per heavy atom. The first-order valence-corrected chi connectivity index (χ1v) is 11.5. The number of amides is 2. The minimum absolute atomic E-state index is 0.268. The van der Waals surface area contributed by atoms with Gasteiger partial charge in [0.05, 0.1) is 33.9 Å².